The fourth-order valence-corrected chi connectivity index (χ4v) is 0.0525. The summed E-state index contributed by atoms with van der Waals surface area (Å²) in [6, 6.07) is 0. The third-order valence-electron chi connectivity index (χ3n) is 0.166. The molecule has 3 N–H and O–H groups in total. The van der Waals surface area contributed by atoms with Gasteiger partial charge < -0.3 is 6.15 Å². The molecule has 0 rings (SSSR count). The molecule has 0 atom stereocenters. The molecule has 5 nitrogen and oxygen atoms in total. The van der Waals surface area contributed by atoms with Crippen LogP contribution >= 0.6 is 0 Å². The summed E-state index contributed by atoms with van der Waals surface area (Å²) in [6.07, 6.45) is 0. The minimum Gasteiger partial charge on any atom is -0.344 e. The highest BCUT2D eigenvalue weighted by atomic mass is 16.7. The molecule has 0 aromatic heterocycles. The van der Waals surface area contributed by atoms with E-state index in [2.05, 4.69) is 4.84 Å². The molecule has 0 aliphatic rings. The van der Waals surface area contributed by atoms with Crippen LogP contribution in [0.3, 0.4) is 0 Å². The summed E-state index contributed by atoms with van der Waals surface area (Å²) in [5.41, 5.74) is 0. The van der Waals surface area contributed by atoms with Gasteiger partial charge in [0.1, 0.15) is 0 Å². The normalized spacial score (nSPS) is 5.86. The van der Waals surface area contributed by atoms with Crippen LogP contribution in [0.4, 0.5) is 0 Å². The molecule has 7 heavy (non-hydrogen) atoms. The van der Waals surface area contributed by atoms with E-state index in [1.807, 2.05) is 5.34 Å². The van der Waals surface area contributed by atoms with E-state index < -0.39 is 5.97 Å². The predicted molar refractivity (Wildman–Crippen MR) is 22.6 cm³/mol. The second-order valence-corrected chi connectivity index (χ2v) is 0.657. The molecule has 0 aromatic rings. The number of hydrogen-bond acceptors (Lipinski definition) is 5. The Kier molecular flexibility index (Phi) is 6.75. The van der Waals surface area contributed by atoms with Crippen molar-refractivity contribution in [1.82, 2.24) is 6.15 Å². The molecule has 0 saturated heterocycles. The van der Waals surface area contributed by atoms with Gasteiger partial charge >= 0.3 is 5.97 Å². The van der Waals surface area contributed by atoms with Gasteiger partial charge in [0.2, 0.25) is 0 Å². The predicted octanol–water partition coefficient (Wildman–Crippen LogP) is 0.393. The fraction of sp³-hybridized carbons (Fsp3) is 0.500. The molecular formula is C2H6N2O3. The molecule has 0 aliphatic heterocycles. The van der Waals surface area contributed by atoms with Gasteiger partial charge in [-0.15, -0.1) is 4.91 Å². The van der Waals surface area contributed by atoms with Gasteiger partial charge in [-0.05, 0) is 0 Å². The molecule has 0 amide bonds. The molecule has 0 saturated carbocycles. The van der Waals surface area contributed by atoms with E-state index in [-0.39, 0.29) is 6.15 Å². The number of carbonyl (C=O) groups is 1. The molecular weight excluding hydrogens is 100 g/mol. The largest absolute Gasteiger partial charge is 0.344 e. The smallest absolute Gasteiger partial charge is 0.335 e. The number of carbonyl (C=O) groups excluding carboxylic acids is 1. The molecule has 0 aliphatic carbocycles. The number of hydrogen-bond donors (Lipinski definition) is 1. The van der Waals surface area contributed by atoms with Gasteiger partial charge in [0, 0.05) is 6.92 Å². The van der Waals surface area contributed by atoms with Crippen molar-refractivity contribution in [3.8, 4) is 0 Å². The second kappa shape index (κ2) is 5.03. The Labute approximate surface area is 40.2 Å². The first-order chi connectivity index (χ1) is 2.77. The highest BCUT2D eigenvalue weighted by Gasteiger charge is 1.84. The van der Waals surface area contributed by atoms with Crippen LogP contribution in [-0.4, -0.2) is 5.97 Å². The summed E-state index contributed by atoms with van der Waals surface area (Å²) in [5, 5.41) is 1.84. The van der Waals surface area contributed by atoms with Crippen molar-refractivity contribution in [3.63, 3.8) is 0 Å². The molecule has 0 bridgehead atoms. The van der Waals surface area contributed by atoms with Crippen LogP contribution in [-0.2, 0) is 9.63 Å². The lowest BCUT2D eigenvalue weighted by Gasteiger charge is -1.75. The summed E-state index contributed by atoms with van der Waals surface area (Å²) in [4.78, 5) is 21.9. The highest BCUT2D eigenvalue weighted by Crippen LogP contribution is 1.70. The van der Waals surface area contributed by atoms with E-state index in [1.54, 1.807) is 0 Å². The summed E-state index contributed by atoms with van der Waals surface area (Å²) in [6.45, 7) is 1.10. The van der Waals surface area contributed by atoms with E-state index in [0.29, 0.717) is 0 Å². The summed E-state index contributed by atoms with van der Waals surface area (Å²) in [5.74, 6) is -0.690. The first-order valence-electron chi connectivity index (χ1n) is 1.27. The Morgan fingerprint density at radius 3 is 2.14 bits per heavy atom. The topological polar surface area (TPSA) is 90.7 Å². The van der Waals surface area contributed by atoms with E-state index in [9.17, 15) is 4.79 Å². The van der Waals surface area contributed by atoms with E-state index in [0.717, 1.165) is 6.92 Å². The van der Waals surface area contributed by atoms with Gasteiger partial charge in [0.25, 0.3) is 0 Å². The molecule has 0 fully saturated rings. The standard InChI is InChI=1S/C2H3NO3.H3N/c1-2(4)6-3-5;/h1H3;1H3. The Morgan fingerprint density at radius 2 is 2.14 bits per heavy atom. The lowest BCUT2D eigenvalue weighted by Crippen LogP contribution is -1.87. The van der Waals surface area contributed by atoms with Crippen molar-refractivity contribution in [2.45, 2.75) is 6.92 Å². The summed E-state index contributed by atoms with van der Waals surface area (Å²) >= 11 is 0. The van der Waals surface area contributed by atoms with E-state index in [4.69, 9.17) is 4.91 Å². The van der Waals surface area contributed by atoms with Gasteiger partial charge in [0.05, 0.1) is 0 Å². The Bertz CT molecular complexity index is 71.3. The van der Waals surface area contributed by atoms with Crippen LogP contribution in [0.5, 0.6) is 0 Å². The zero-order valence-electron chi connectivity index (χ0n) is 3.88. The van der Waals surface area contributed by atoms with Gasteiger partial charge in [-0.3, -0.25) is 4.84 Å². The maximum absolute atomic E-state index is 9.53. The average molecular weight is 106 g/mol. The molecule has 5 heteroatoms. The second-order valence-electron chi connectivity index (χ2n) is 0.657. The SMILES string of the molecule is CC(=O)ON=O.N. The highest BCUT2D eigenvalue weighted by molar-refractivity contribution is 5.65. The third kappa shape index (κ3) is 11.2. The van der Waals surface area contributed by atoms with Crippen molar-refractivity contribution >= 4 is 5.97 Å². The lowest BCUT2D eigenvalue weighted by atomic mass is 10.8. The number of nitrogens with zero attached hydrogens (tertiary/aromatic N) is 1. The monoisotopic (exact) mass is 106 g/mol. The zero-order chi connectivity index (χ0) is 4.99. The van der Waals surface area contributed by atoms with Crippen LogP contribution in [0, 0.1) is 4.91 Å². The van der Waals surface area contributed by atoms with Gasteiger partial charge in [-0.1, -0.05) is 0 Å². The van der Waals surface area contributed by atoms with Gasteiger partial charge in [0.15, 0.2) is 5.34 Å². The Hall–Kier alpha value is -0.970. The molecule has 0 aromatic carbocycles. The number of rotatable bonds is 1. The minimum absolute atomic E-state index is 0. The maximum Gasteiger partial charge on any atom is 0.335 e. The van der Waals surface area contributed by atoms with Crippen molar-refractivity contribution in [1.29, 1.82) is 0 Å². The van der Waals surface area contributed by atoms with Gasteiger partial charge in [-0.25, -0.2) is 4.79 Å². The molecule has 0 spiro atoms. The Balaban J connectivity index is 0. The average Bonchev–Trinajstić information content (AvgIpc) is 1.35. The lowest BCUT2D eigenvalue weighted by molar-refractivity contribution is -0.141. The van der Waals surface area contributed by atoms with Crippen molar-refractivity contribution in [3.05, 3.63) is 4.91 Å². The van der Waals surface area contributed by atoms with Crippen LogP contribution in [0.25, 0.3) is 0 Å². The Morgan fingerprint density at radius 1 is 1.71 bits per heavy atom. The van der Waals surface area contributed by atoms with Gasteiger partial charge in [-0.2, -0.15) is 0 Å². The molecule has 0 unspecified atom stereocenters. The molecule has 42 valence electrons. The summed E-state index contributed by atoms with van der Waals surface area (Å²) < 4.78 is 0. The van der Waals surface area contributed by atoms with Crippen molar-refractivity contribution in [2.24, 2.45) is 5.34 Å². The molecule has 0 heterocycles. The molecule has 0 radical (unpaired) electrons. The van der Waals surface area contributed by atoms with Crippen LogP contribution < -0.4 is 6.15 Å². The zero-order valence-corrected chi connectivity index (χ0v) is 3.88. The first kappa shape index (κ1) is 9.39. The van der Waals surface area contributed by atoms with Crippen LogP contribution in [0.15, 0.2) is 5.34 Å². The quantitative estimate of drug-likeness (QED) is 0.386. The summed E-state index contributed by atoms with van der Waals surface area (Å²) in [7, 11) is 0. The fourth-order valence-electron chi connectivity index (χ4n) is 0.0525. The van der Waals surface area contributed by atoms with E-state index >= 15 is 0 Å². The maximum atomic E-state index is 9.53. The third-order valence-corrected chi connectivity index (χ3v) is 0.166. The van der Waals surface area contributed by atoms with Crippen molar-refractivity contribution in [2.75, 3.05) is 0 Å². The first-order valence-corrected chi connectivity index (χ1v) is 1.27. The van der Waals surface area contributed by atoms with Crippen LogP contribution in [0.1, 0.15) is 6.92 Å². The minimum atomic E-state index is -0.690. The van der Waals surface area contributed by atoms with Crippen LogP contribution in [0.2, 0.25) is 0 Å². The van der Waals surface area contributed by atoms with Crippen molar-refractivity contribution < 1.29 is 9.63 Å². The van der Waals surface area contributed by atoms with E-state index in [1.165, 1.54) is 0 Å².